The summed E-state index contributed by atoms with van der Waals surface area (Å²) in [5.74, 6) is -0.0210. The van der Waals surface area contributed by atoms with Crippen molar-refractivity contribution in [2.75, 3.05) is 32.8 Å². The van der Waals surface area contributed by atoms with Gasteiger partial charge in [0.2, 0.25) is 0 Å². The topological polar surface area (TPSA) is 54.8 Å². The lowest BCUT2D eigenvalue weighted by Crippen LogP contribution is -2.51. The largest absolute Gasteiger partial charge is 0.450 e. The van der Waals surface area contributed by atoms with E-state index in [1.54, 1.807) is 16.7 Å². The van der Waals surface area contributed by atoms with Gasteiger partial charge in [-0.25, -0.2) is 4.79 Å². The maximum absolute atomic E-state index is 12.9. The first kappa shape index (κ1) is 17.8. The van der Waals surface area contributed by atoms with Crippen LogP contribution in [0, 0.1) is 3.57 Å². The van der Waals surface area contributed by atoms with Gasteiger partial charge in [-0.2, -0.15) is 0 Å². The van der Waals surface area contributed by atoms with E-state index in [9.17, 15) is 9.59 Å². The van der Waals surface area contributed by atoms with Gasteiger partial charge in [-0.15, -0.1) is 0 Å². The van der Waals surface area contributed by atoms with E-state index in [1.165, 1.54) is 0 Å². The minimum atomic E-state index is -0.308. The SMILES string of the molecule is CCOC(=O)N1CCN(C(=O)c2cccn2-c2cccc(I)c2)CC1. The van der Waals surface area contributed by atoms with E-state index >= 15 is 0 Å². The molecule has 1 saturated heterocycles. The molecule has 1 fully saturated rings. The molecule has 132 valence electrons. The summed E-state index contributed by atoms with van der Waals surface area (Å²) in [5.41, 5.74) is 1.59. The number of rotatable bonds is 3. The van der Waals surface area contributed by atoms with Crippen molar-refractivity contribution in [1.29, 1.82) is 0 Å². The Kier molecular flexibility index (Phi) is 5.62. The van der Waals surface area contributed by atoms with Crippen LogP contribution in [0.3, 0.4) is 0 Å². The smallest absolute Gasteiger partial charge is 0.409 e. The summed E-state index contributed by atoms with van der Waals surface area (Å²) in [6.45, 7) is 4.16. The number of piperazine rings is 1. The Morgan fingerprint density at radius 3 is 2.48 bits per heavy atom. The van der Waals surface area contributed by atoms with E-state index < -0.39 is 0 Å². The summed E-state index contributed by atoms with van der Waals surface area (Å²) in [4.78, 5) is 28.1. The maximum Gasteiger partial charge on any atom is 0.409 e. The molecule has 0 aliphatic carbocycles. The molecule has 0 atom stereocenters. The molecule has 0 spiro atoms. The van der Waals surface area contributed by atoms with Crippen molar-refractivity contribution in [1.82, 2.24) is 14.4 Å². The third-order valence-electron chi connectivity index (χ3n) is 4.15. The van der Waals surface area contributed by atoms with Gasteiger partial charge in [0.1, 0.15) is 5.69 Å². The first-order valence-electron chi connectivity index (χ1n) is 8.24. The number of carbonyl (C=O) groups is 2. The minimum Gasteiger partial charge on any atom is -0.450 e. The van der Waals surface area contributed by atoms with Gasteiger partial charge in [0, 0.05) is 41.6 Å². The molecule has 2 aromatic rings. The van der Waals surface area contributed by atoms with Crippen LogP contribution in [0.25, 0.3) is 5.69 Å². The van der Waals surface area contributed by atoms with E-state index in [4.69, 9.17) is 4.74 Å². The summed E-state index contributed by atoms with van der Waals surface area (Å²) in [6, 6.07) is 11.7. The average Bonchev–Trinajstić information content (AvgIpc) is 3.11. The molecule has 1 aliphatic rings. The predicted molar refractivity (Wildman–Crippen MR) is 103 cm³/mol. The molecular formula is C18H20IN3O3. The number of halogens is 1. The second-order valence-corrected chi connectivity index (χ2v) is 6.97. The van der Waals surface area contributed by atoms with Crippen molar-refractivity contribution in [3.63, 3.8) is 0 Å². The number of carbonyl (C=O) groups excluding carboxylic acids is 2. The van der Waals surface area contributed by atoms with Gasteiger partial charge in [0.05, 0.1) is 6.61 Å². The molecule has 0 radical (unpaired) electrons. The van der Waals surface area contributed by atoms with Crippen LogP contribution >= 0.6 is 22.6 Å². The number of amides is 2. The van der Waals surface area contributed by atoms with Crippen LogP contribution in [0.2, 0.25) is 0 Å². The molecule has 3 rings (SSSR count). The van der Waals surface area contributed by atoms with Crippen molar-refractivity contribution >= 4 is 34.6 Å². The van der Waals surface area contributed by atoms with Crippen molar-refractivity contribution < 1.29 is 14.3 Å². The molecule has 25 heavy (non-hydrogen) atoms. The van der Waals surface area contributed by atoms with Crippen molar-refractivity contribution in [2.45, 2.75) is 6.92 Å². The van der Waals surface area contributed by atoms with Gasteiger partial charge in [-0.3, -0.25) is 4.79 Å². The number of ether oxygens (including phenoxy) is 1. The molecular weight excluding hydrogens is 433 g/mol. The van der Waals surface area contributed by atoms with Gasteiger partial charge in [-0.1, -0.05) is 6.07 Å². The molecule has 6 nitrogen and oxygen atoms in total. The lowest BCUT2D eigenvalue weighted by molar-refractivity contribution is 0.0564. The van der Waals surface area contributed by atoms with Gasteiger partial charge < -0.3 is 19.1 Å². The fraction of sp³-hybridized carbons (Fsp3) is 0.333. The van der Waals surface area contributed by atoms with Crippen LogP contribution in [-0.4, -0.2) is 59.2 Å². The zero-order valence-electron chi connectivity index (χ0n) is 14.0. The number of benzene rings is 1. The molecule has 0 N–H and O–H groups in total. The minimum absolute atomic E-state index is 0.0210. The Morgan fingerprint density at radius 1 is 1.08 bits per heavy atom. The standard InChI is InChI=1S/C18H20IN3O3/c1-2-25-18(24)21-11-9-20(10-12-21)17(23)16-7-4-8-22(16)15-6-3-5-14(19)13-15/h3-8,13H,2,9-12H2,1H3. The summed E-state index contributed by atoms with van der Waals surface area (Å²) in [5, 5.41) is 0. The number of hydrogen-bond acceptors (Lipinski definition) is 3. The molecule has 0 bridgehead atoms. The fourth-order valence-electron chi connectivity index (χ4n) is 2.88. The molecule has 0 unspecified atom stereocenters. The van der Waals surface area contributed by atoms with Crippen LogP contribution in [0.4, 0.5) is 4.79 Å². The van der Waals surface area contributed by atoms with E-state index in [2.05, 4.69) is 22.6 Å². The average molecular weight is 453 g/mol. The highest BCUT2D eigenvalue weighted by Gasteiger charge is 2.26. The van der Waals surface area contributed by atoms with Gasteiger partial charge in [0.25, 0.3) is 5.91 Å². The second-order valence-electron chi connectivity index (χ2n) is 5.72. The lowest BCUT2D eigenvalue weighted by Gasteiger charge is -2.34. The number of hydrogen-bond donors (Lipinski definition) is 0. The Morgan fingerprint density at radius 2 is 1.80 bits per heavy atom. The highest BCUT2D eigenvalue weighted by atomic mass is 127. The first-order valence-corrected chi connectivity index (χ1v) is 9.32. The van der Waals surface area contributed by atoms with Gasteiger partial charge in [-0.05, 0) is 59.8 Å². The third-order valence-corrected chi connectivity index (χ3v) is 4.82. The van der Waals surface area contributed by atoms with Gasteiger partial charge in [0.15, 0.2) is 0 Å². The van der Waals surface area contributed by atoms with E-state index in [-0.39, 0.29) is 12.0 Å². The Bertz CT molecular complexity index is 766. The molecule has 7 heteroatoms. The highest BCUT2D eigenvalue weighted by molar-refractivity contribution is 14.1. The third kappa shape index (κ3) is 3.97. The lowest BCUT2D eigenvalue weighted by atomic mass is 10.2. The summed E-state index contributed by atoms with van der Waals surface area (Å²) in [7, 11) is 0. The van der Waals surface area contributed by atoms with Crippen LogP contribution in [0.15, 0.2) is 42.6 Å². The van der Waals surface area contributed by atoms with E-state index in [1.807, 2.05) is 47.2 Å². The molecule has 1 aliphatic heterocycles. The zero-order chi connectivity index (χ0) is 17.8. The fourth-order valence-corrected chi connectivity index (χ4v) is 3.40. The van der Waals surface area contributed by atoms with E-state index in [0.717, 1.165) is 9.26 Å². The second kappa shape index (κ2) is 7.90. The molecule has 1 aromatic heterocycles. The van der Waals surface area contributed by atoms with Crippen LogP contribution < -0.4 is 0 Å². The monoisotopic (exact) mass is 453 g/mol. The highest BCUT2D eigenvalue weighted by Crippen LogP contribution is 2.18. The molecule has 2 amide bonds. The number of nitrogens with zero attached hydrogens (tertiary/aromatic N) is 3. The summed E-state index contributed by atoms with van der Waals surface area (Å²) >= 11 is 2.26. The predicted octanol–water partition coefficient (Wildman–Crippen LogP) is 3.00. The van der Waals surface area contributed by atoms with E-state index in [0.29, 0.717) is 38.5 Å². The van der Waals surface area contributed by atoms with Crippen LogP contribution in [-0.2, 0) is 4.74 Å². The Balaban J connectivity index is 1.71. The number of aromatic nitrogens is 1. The van der Waals surface area contributed by atoms with Crippen molar-refractivity contribution in [3.05, 3.63) is 51.9 Å². The zero-order valence-corrected chi connectivity index (χ0v) is 16.2. The van der Waals surface area contributed by atoms with Crippen LogP contribution in [0.5, 0.6) is 0 Å². The van der Waals surface area contributed by atoms with Crippen molar-refractivity contribution in [2.24, 2.45) is 0 Å². The Hall–Kier alpha value is -2.03. The summed E-state index contributed by atoms with van der Waals surface area (Å²) < 4.78 is 8.04. The van der Waals surface area contributed by atoms with Crippen LogP contribution in [0.1, 0.15) is 17.4 Å². The first-order chi connectivity index (χ1) is 12.1. The van der Waals surface area contributed by atoms with Crippen molar-refractivity contribution in [3.8, 4) is 5.69 Å². The molecule has 2 heterocycles. The van der Waals surface area contributed by atoms with Gasteiger partial charge >= 0.3 is 6.09 Å². The quantitative estimate of drug-likeness (QED) is 0.672. The molecule has 0 saturated carbocycles. The molecule has 1 aromatic carbocycles. The maximum atomic E-state index is 12.9. The Labute approximate surface area is 160 Å². The normalized spacial score (nSPS) is 14.5. The summed E-state index contributed by atoms with van der Waals surface area (Å²) in [6.07, 6.45) is 1.59.